The van der Waals surface area contributed by atoms with E-state index in [9.17, 15) is 24.6 Å². The van der Waals surface area contributed by atoms with Gasteiger partial charge in [-0.2, -0.15) is 0 Å². The number of hydrogen-bond acceptors (Lipinski definition) is 8. The molecule has 1 saturated heterocycles. The summed E-state index contributed by atoms with van der Waals surface area (Å²) in [7, 11) is 1.49. The lowest BCUT2D eigenvalue weighted by Crippen LogP contribution is -2.66. The largest absolute Gasteiger partial charge is 0.507 e. The first-order valence-electron chi connectivity index (χ1n) is 14.7. The Labute approximate surface area is 268 Å². The molecule has 0 aliphatic carbocycles. The highest BCUT2D eigenvalue weighted by atomic mass is 35.5. The minimum absolute atomic E-state index is 0.0115. The van der Waals surface area contributed by atoms with Crippen molar-refractivity contribution in [3.8, 4) is 22.7 Å². The van der Waals surface area contributed by atoms with Gasteiger partial charge in [-0.3, -0.25) is 23.9 Å². The van der Waals surface area contributed by atoms with Gasteiger partial charge in [0.1, 0.15) is 23.3 Å². The maximum absolute atomic E-state index is 15.2. The number of nitrogens with zero attached hydrogens (tertiary/aromatic N) is 6. The Hall–Kier alpha value is -4.81. The topological polar surface area (TPSA) is 132 Å². The third-order valence-electron chi connectivity index (χ3n) is 8.69. The van der Waals surface area contributed by atoms with Crippen LogP contribution in [0.3, 0.4) is 0 Å². The molecule has 2 N–H and O–H groups in total. The van der Waals surface area contributed by atoms with Crippen LogP contribution in [0.25, 0.3) is 28.0 Å². The van der Waals surface area contributed by atoms with Crippen LogP contribution >= 0.6 is 11.6 Å². The van der Waals surface area contributed by atoms with E-state index in [4.69, 9.17) is 16.6 Å². The first-order valence-corrected chi connectivity index (χ1v) is 15.1. The summed E-state index contributed by atoms with van der Waals surface area (Å²) in [6.07, 6.45) is 2.74. The summed E-state index contributed by atoms with van der Waals surface area (Å²) in [5.41, 5.74) is 0.618. The predicted octanol–water partition coefficient (Wildman–Crippen LogP) is 4.13. The van der Waals surface area contributed by atoms with E-state index in [2.05, 4.69) is 11.6 Å². The average molecular weight is 647 g/mol. The van der Waals surface area contributed by atoms with E-state index in [0.29, 0.717) is 22.3 Å². The van der Waals surface area contributed by atoms with Crippen molar-refractivity contribution in [2.75, 3.05) is 29.9 Å². The number of fused-ring (bicyclic) bond motifs is 5. The molecule has 2 atom stereocenters. The van der Waals surface area contributed by atoms with Crippen LogP contribution in [0.15, 0.2) is 54.0 Å². The first-order chi connectivity index (χ1) is 21.9. The molecule has 3 aromatic heterocycles. The third-order valence-corrected chi connectivity index (χ3v) is 8.98. The van der Waals surface area contributed by atoms with Gasteiger partial charge >= 0.3 is 0 Å². The Kier molecular flexibility index (Phi) is 7.81. The monoisotopic (exact) mass is 646 g/mol. The molecule has 5 heterocycles. The molecule has 2 aliphatic heterocycles. The van der Waals surface area contributed by atoms with Crippen LogP contribution in [-0.2, 0) is 16.2 Å². The summed E-state index contributed by atoms with van der Waals surface area (Å²) in [5.74, 6) is -2.09. The molecule has 0 radical (unpaired) electrons. The molecule has 2 amide bonds. The van der Waals surface area contributed by atoms with Gasteiger partial charge in [0, 0.05) is 36.8 Å². The number of benzene rings is 1. The molecule has 0 saturated carbocycles. The van der Waals surface area contributed by atoms with Gasteiger partial charge in [0.25, 0.3) is 11.5 Å². The molecule has 6 rings (SSSR count). The number of likely N-dealkylation sites (N-methyl/N-ethyl adjacent to an activating group) is 1. The minimum atomic E-state index is -0.831. The summed E-state index contributed by atoms with van der Waals surface area (Å²) in [5, 5.41) is 21.4. The van der Waals surface area contributed by atoms with Crippen molar-refractivity contribution in [2.45, 2.75) is 45.4 Å². The molecule has 0 unspecified atom stereocenters. The molecule has 4 aromatic rings. The van der Waals surface area contributed by atoms with Crippen LogP contribution in [0.1, 0.15) is 37.9 Å². The number of phenols is 1. The van der Waals surface area contributed by atoms with Crippen molar-refractivity contribution in [3.63, 3.8) is 0 Å². The van der Waals surface area contributed by atoms with E-state index in [1.165, 1.54) is 47.0 Å². The molecule has 0 bridgehead atoms. The molecule has 1 aromatic carbocycles. The highest BCUT2D eigenvalue weighted by Crippen LogP contribution is 2.45. The molecular weight excluding hydrogens is 615 g/mol. The first kappa shape index (κ1) is 31.2. The molecule has 13 heteroatoms. The van der Waals surface area contributed by atoms with E-state index >= 15 is 4.39 Å². The SMILES string of the molecule is C=CC(=O)N1C[C@@H]2C(=O)N(C)c3c(c4cc(Cl)c(-c5c(O)cccc5F)nc4n(-c4c(CO)ccnc4C(C)C)c3=O)N2C[C@H]1C. The normalized spacial score (nSPS) is 17.8. The second-order valence-electron chi connectivity index (χ2n) is 11.8. The van der Waals surface area contributed by atoms with E-state index in [1.807, 2.05) is 20.8 Å². The van der Waals surface area contributed by atoms with Gasteiger partial charge < -0.3 is 24.9 Å². The number of anilines is 2. The number of hydrogen-bond donors (Lipinski definition) is 2. The van der Waals surface area contributed by atoms with Crippen molar-refractivity contribution >= 4 is 45.8 Å². The van der Waals surface area contributed by atoms with E-state index in [1.54, 1.807) is 15.9 Å². The van der Waals surface area contributed by atoms with Crippen LogP contribution in [-0.4, -0.2) is 73.7 Å². The van der Waals surface area contributed by atoms with E-state index < -0.39 is 35.7 Å². The lowest BCUT2D eigenvalue weighted by Gasteiger charge is -2.49. The van der Waals surface area contributed by atoms with Crippen molar-refractivity contribution in [2.24, 2.45) is 0 Å². The molecular formula is C33H32ClFN6O5. The van der Waals surface area contributed by atoms with Gasteiger partial charge in [-0.05, 0) is 43.2 Å². The fourth-order valence-corrected chi connectivity index (χ4v) is 6.74. The standard InChI is InChI=1S/C33H32ClFN6O5/c1-6-24(44)39-14-22-32(45)38(5)30-29(40(22)13-17(39)4)19-12-20(34)27(25-21(35)8-7-9-23(25)43)37-31(19)41(33(30)46)28-18(15-42)10-11-36-26(28)16(2)3/h6-12,16-17,22,42-43H,1,13-15H2,2-5H3/t17-,22-/m1/s1. The number of pyridine rings is 3. The Morgan fingerprint density at radius 1 is 1.20 bits per heavy atom. The Bertz CT molecular complexity index is 1990. The van der Waals surface area contributed by atoms with Gasteiger partial charge in [-0.1, -0.05) is 38.1 Å². The molecule has 238 valence electrons. The maximum atomic E-state index is 15.2. The second kappa shape index (κ2) is 11.5. The van der Waals surface area contributed by atoms with Crippen molar-refractivity contribution in [1.29, 1.82) is 0 Å². The van der Waals surface area contributed by atoms with Gasteiger partial charge in [-0.25, -0.2) is 9.37 Å². The second-order valence-corrected chi connectivity index (χ2v) is 12.2. The van der Waals surface area contributed by atoms with Crippen LogP contribution < -0.4 is 15.4 Å². The fraction of sp³-hybridized carbons (Fsp3) is 0.303. The lowest BCUT2D eigenvalue weighted by atomic mass is 9.98. The van der Waals surface area contributed by atoms with Crippen LogP contribution in [0, 0.1) is 5.82 Å². The Morgan fingerprint density at radius 2 is 1.93 bits per heavy atom. The highest BCUT2D eigenvalue weighted by molar-refractivity contribution is 6.34. The van der Waals surface area contributed by atoms with E-state index in [0.717, 1.165) is 6.07 Å². The summed E-state index contributed by atoms with van der Waals surface area (Å²) in [6.45, 7) is 9.02. The van der Waals surface area contributed by atoms with Gasteiger partial charge in [-0.15, -0.1) is 0 Å². The number of amides is 2. The van der Waals surface area contributed by atoms with Gasteiger partial charge in [0.05, 0.1) is 46.5 Å². The average Bonchev–Trinajstić information content (AvgIpc) is 3.02. The maximum Gasteiger partial charge on any atom is 0.283 e. The summed E-state index contributed by atoms with van der Waals surface area (Å²) in [4.78, 5) is 55.3. The molecule has 0 spiro atoms. The van der Waals surface area contributed by atoms with E-state index in [-0.39, 0.29) is 64.3 Å². The molecule has 11 nitrogen and oxygen atoms in total. The predicted molar refractivity (Wildman–Crippen MR) is 173 cm³/mol. The third kappa shape index (κ3) is 4.62. The number of halogens is 2. The number of carbonyl (C=O) groups excluding carboxylic acids is 2. The van der Waals surface area contributed by atoms with Crippen molar-refractivity contribution < 1.29 is 24.2 Å². The zero-order chi connectivity index (χ0) is 33.2. The number of aromatic hydroxyl groups is 1. The number of piperazine rings is 1. The minimum Gasteiger partial charge on any atom is -0.507 e. The molecule has 46 heavy (non-hydrogen) atoms. The molecule has 1 fully saturated rings. The van der Waals surface area contributed by atoms with Crippen molar-refractivity contribution in [3.05, 3.63) is 81.6 Å². The van der Waals surface area contributed by atoms with Gasteiger partial charge in [0.2, 0.25) is 5.91 Å². The summed E-state index contributed by atoms with van der Waals surface area (Å²) < 4.78 is 16.5. The summed E-state index contributed by atoms with van der Waals surface area (Å²) >= 11 is 6.81. The van der Waals surface area contributed by atoms with Crippen LogP contribution in [0.2, 0.25) is 5.02 Å². The number of aliphatic hydroxyl groups is 1. The number of aromatic nitrogens is 3. The number of aliphatic hydroxyl groups excluding tert-OH is 1. The zero-order valence-electron chi connectivity index (χ0n) is 25.7. The number of rotatable bonds is 5. The van der Waals surface area contributed by atoms with Crippen LogP contribution in [0.5, 0.6) is 5.75 Å². The molecule has 2 aliphatic rings. The quantitative estimate of drug-likeness (QED) is 0.310. The lowest BCUT2D eigenvalue weighted by molar-refractivity contribution is -0.130. The van der Waals surface area contributed by atoms with Crippen LogP contribution in [0.4, 0.5) is 15.8 Å². The summed E-state index contributed by atoms with van der Waals surface area (Å²) in [6, 6.07) is 5.75. The highest BCUT2D eigenvalue weighted by Gasteiger charge is 2.46. The number of phenolic OH excluding ortho intramolecular Hbond substituents is 1. The Balaban J connectivity index is 1.77. The number of carbonyl (C=O) groups is 2. The Morgan fingerprint density at radius 3 is 2.59 bits per heavy atom. The zero-order valence-corrected chi connectivity index (χ0v) is 26.4. The smallest absolute Gasteiger partial charge is 0.283 e. The van der Waals surface area contributed by atoms with Crippen molar-refractivity contribution in [1.82, 2.24) is 19.4 Å². The fourth-order valence-electron chi connectivity index (χ4n) is 6.49. The van der Waals surface area contributed by atoms with Gasteiger partial charge in [0.15, 0.2) is 5.65 Å².